The normalized spacial score (nSPS) is 10.7. The number of nitrogens with two attached hydrogens (primary N) is 1. The van der Waals surface area contributed by atoms with Crippen molar-refractivity contribution >= 4 is 23.3 Å². The fourth-order valence-electron chi connectivity index (χ4n) is 1.82. The maximum absolute atomic E-state index is 12.1. The van der Waals surface area contributed by atoms with Gasteiger partial charge in [-0.2, -0.15) is 0 Å². The van der Waals surface area contributed by atoms with E-state index in [1.807, 2.05) is 0 Å². The number of benzene rings is 2. The molecule has 0 saturated heterocycles. The van der Waals surface area contributed by atoms with Gasteiger partial charge in [0.25, 0.3) is 5.91 Å². The molecule has 0 radical (unpaired) electrons. The lowest BCUT2D eigenvalue weighted by atomic mass is 10.2. The molecule has 0 heterocycles. The average Bonchev–Trinajstić information content (AvgIpc) is 2.59. The van der Waals surface area contributed by atoms with Gasteiger partial charge in [0.2, 0.25) is 0 Å². The van der Waals surface area contributed by atoms with E-state index < -0.39 is 11.9 Å². The Balaban J connectivity index is 2.17. The Morgan fingerprint density at radius 1 is 1.04 bits per heavy atom. The Kier molecular flexibility index (Phi) is 5.35. The zero-order valence-corrected chi connectivity index (χ0v) is 12.6. The first kappa shape index (κ1) is 16.1. The summed E-state index contributed by atoms with van der Waals surface area (Å²) in [6, 6.07) is 15.6. The maximum Gasteiger partial charge on any atom is 0.356 e. The minimum absolute atomic E-state index is 0.0235. The summed E-state index contributed by atoms with van der Waals surface area (Å²) in [5, 5.41) is 5.40. The molecule has 0 unspecified atom stereocenters. The number of methoxy groups -OCH3 is 1. The van der Waals surface area contributed by atoms with Crippen LogP contribution in [0.2, 0.25) is 0 Å². The SMILES string of the molecule is COC(=O)/C(=C\Nc1ccccc1N)NC(=O)c1ccccc1. The fraction of sp³-hybridized carbons (Fsp3) is 0.0588. The first-order valence-corrected chi connectivity index (χ1v) is 6.87. The first-order chi connectivity index (χ1) is 11.1. The van der Waals surface area contributed by atoms with Crippen LogP contribution in [0.15, 0.2) is 66.5 Å². The number of hydrogen-bond acceptors (Lipinski definition) is 5. The molecule has 0 aliphatic rings. The molecular weight excluding hydrogens is 294 g/mol. The second-order valence-corrected chi connectivity index (χ2v) is 4.60. The van der Waals surface area contributed by atoms with Gasteiger partial charge in [0.1, 0.15) is 5.70 Å². The molecule has 118 valence electrons. The largest absolute Gasteiger partial charge is 0.464 e. The Morgan fingerprint density at radius 2 is 1.70 bits per heavy atom. The van der Waals surface area contributed by atoms with Crippen molar-refractivity contribution < 1.29 is 14.3 Å². The zero-order valence-electron chi connectivity index (χ0n) is 12.6. The Bertz CT molecular complexity index is 727. The molecule has 0 bridgehead atoms. The number of carbonyl (C=O) groups is 2. The highest BCUT2D eigenvalue weighted by atomic mass is 16.5. The Labute approximate surface area is 133 Å². The van der Waals surface area contributed by atoms with Crippen LogP contribution in [-0.4, -0.2) is 19.0 Å². The molecule has 2 rings (SSSR count). The Morgan fingerprint density at radius 3 is 2.35 bits per heavy atom. The molecule has 6 nitrogen and oxygen atoms in total. The van der Waals surface area contributed by atoms with E-state index in [9.17, 15) is 9.59 Å². The van der Waals surface area contributed by atoms with Crippen molar-refractivity contribution in [3.63, 3.8) is 0 Å². The number of hydrogen-bond donors (Lipinski definition) is 3. The summed E-state index contributed by atoms with van der Waals surface area (Å²) in [6.45, 7) is 0. The van der Waals surface area contributed by atoms with E-state index in [0.717, 1.165) is 0 Å². The molecule has 0 spiro atoms. The highest BCUT2D eigenvalue weighted by Gasteiger charge is 2.14. The van der Waals surface area contributed by atoms with Crippen molar-refractivity contribution in [2.45, 2.75) is 0 Å². The van der Waals surface area contributed by atoms with Crippen molar-refractivity contribution in [3.8, 4) is 0 Å². The predicted molar refractivity (Wildman–Crippen MR) is 88.5 cm³/mol. The lowest BCUT2D eigenvalue weighted by Gasteiger charge is -2.10. The summed E-state index contributed by atoms with van der Waals surface area (Å²) in [7, 11) is 1.24. The van der Waals surface area contributed by atoms with Crippen molar-refractivity contribution in [1.29, 1.82) is 0 Å². The molecule has 0 aliphatic carbocycles. The molecule has 0 aliphatic heterocycles. The van der Waals surface area contributed by atoms with E-state index in [2.05, 4.69) is 15.4 Å². The van der Waals surface area contributed by atoms with E-state index in [4.69, 9.17) is 5.73 Å². The number of ether oxygens (including phenoxy) is 1. The van der Waals surface area contributed by atoms with Crippen LogP contribution in [0.25, 0.3) is 0 Å². The van der Waals surface area contributed by atoms with E-state index in [1.54, 1.807) is 54.6 Å². The summed E-state index contributed by atoms with van der Waals surface area (Å²) >= 11 is 0. The van der Waals surface area contributed by atoms with Gasteiger partial charge in [0.15, 0.2) is 0 Å². The van der Waals surface area contributed by atoms with Gasteiger partial charge in [0.05, 0.1) is 18.5 Å². The molecule has 0 atom stereocenters. The van der Waals surface area contributed by atoms with E-state index >= 15 is 0 Å². The summed E-state index contributed by atoms with van der Waals surface area (Å²) in [4.78, 5) is 24.0. The number of para-hydroxylation sites is 2. The van der Waals surface area contributed by atoms with Gasteiger partial charge in [-0.1, -0.05) is 30.3 Å². The van der Waals surface area contributed by atoms with Crippen LogP contribution < -0.4 is 16.4 Å². The minimum Gasteiger partial charge on any atom is -0.464 e. The molecule has 6 heteroatoms. The lowest BCUT2D eigenvalue weighted by molar-refractivity contribution is -0.136. The van der Waals surface area contributed by atoms with E-state index in [0.29, 0.717) is 16.9 Å². The lowest BCUT2D eigenvalue weighted by Crippen LogP contribution is -2.28. The number of nitrogens with one attached hydrogen (secondary N) is 2. The van der Waals surface area contributed by atoms with Crippen molar-refractivity contribution in [1.82, 2.24) is 5.32 Å². The summed E-state index contributed by atoms with van der Waals surface area (Å²) in [5.41, 5.74) is 7.35. The number of amides is 1. The fourth-order valence-corrected chi connectivity index (χ4v) is 1.82. The summed E-state index contributed by atoms with van der Waals surface area (Å²) in [5.74, 6) is -1.08. The van der Waals surface area contributed by atoms with Crippen LogP contribution in [0.3, 0.4) is 0 Å². The second kappa shape index (κ2) is 7.65. The summed E-state index contributed by atoms with van der Waals surface area (Å²) < 4.78 is 4.67. The van der Waals surface area contributed by atoms with Crippen molar-refractivity contribution in [2.24, 2.45) is 0 Å². The smallest absolute Gasteiger partial charge is 0.356 e. The zero-order chi connectivity index (χ0) is 16.7. The molecule has 2 aromatic rings. The molecule has 0 aromatic heterocycles. The van der Waals surface area contributed by atoms with Gasteiger partial charge in [-0.15, -0.1) is 0 Å². The van der Waals surface area contributed by atoms with Crippen LogP contribution >= 0.6 is 0 Å². The average molecular weight is 311 g/mol. The quantitative estimate of drug-likeness (QED) is 0.447. The third-order valence-corrected chi connectivity index (χ3v) is 3.02. The number of anilines is 2. The number of nitrogen functional groups attached to an aromatic ring is 1. The molecule has 23 heavy (non-hydrogen) atoms. The monoisotopic (exact) mass is 311 g/mol. The molecule has 0 fully saturated rings. The molecular formula is C17H17N3O3. The topological polar surface area (TPSA) is 93.4 Å². The highest BCUT2D eigenvalue weighted by Crippen LogP contribution is 2.16. The van der Waals surface area contributed by atoms with Gasteiger partial charge in [-0.3, -0.25) is 4.79 Å². The van der Waals surface area contributed by atoms with E-state index in [-0.39, 0.29) is 5.70 Å². The van der Waals surface area contributed by atoms with Gasteiger partial charge < -0.3 is 21.1 Å². The van der Waals surface area contributed by atoms with Gasteiger partial charge in [0, 0.05) is 11.8 Å². The van der Waals surface area contributed by atoms with Gasteiger partial charge >= 0.3 is 5.97 Å². The predicted octanol–water partition coefficient (Wildman–Crippen LogP) is 2.13. The van der Waals surface area contributed by atoms with Crippen LogP contribution in [-0.2, 0) is 9.53 Å². The van der Waals surface area contributed by atoms with Gasteiger partial charge in [-0.25, -0.2) is 4.79 Å². The van der Waals surface area contributed by atoms with Crippen LogP contribution in [0, 0.1) is 0 Å². The third-order valence-electron chi connectivity index (χ3n) is 3.02. The first-order valence-electron chi connectivity index (χ1n) is 6.87. The second-order valence-electron chi connectivity index (χ2n) is 4.60. The highest BCUT2D eigenvalue weighted by molar-refractivity contribution is 6.01. The molecule has 1 amide bonds. The number of carbonyl (C=O) groups excluding carboxylic acids is 2. The Hall–Kier alpha value is -3.28. The van der Waals surface area contributed by atoms with E-state index in [1.165, 1.54) is 13.3 Å². The standard InChI is InChI=1S/C17H17N3O3/c1-23-17(22)15(11-19-14-10-6-5-9-13(14)18)20-16(21)12-7-3-2-4-8-12/h2-11,19H,18H2,1H3,(H,20,21)/b15-11+. The molecule has 4 N–H and O–H groups in total. The van der Waals surface area contributed by atoms with Gasteiger partial charge in [-0.05, 0) is 24.3 Å². The molecule has 2 aromatic carbocycles. The number of esters is 1. The number of rotatable bonds is 5. The van der Waals surface area contributed by atoms with Crippen LogP contribution in [0.1, 0.15) is 10.4 Å². The van der Waals surface area contributed by atoms with Crippen molar-refractivity contribution in [2.75, 3.05) is 18.2 Å². The third kappa shape index (κ3) is 4.34. The maximum atomic E-state index is 12.1. The molecule has 0 saturated carbocycles. The minimum atomic E-state index is -0.670. The van der Waals surface area contributed by atoms with Crippen LogP contribution in [0.4, 0.5) is 11.4 Å². The summed E-state index contributed by atoms with van der Waals surface area (Å²) in [6.07, 6.45) is 1.35. The van der Waals surface area contributed by atoms with Crippen LogP contribution in [0.5, 0.6) is 0 Å². The van der Waals surface area contributed by atoms with Crippen molar-refractivity contribution in [3.05, 3.63) is 72.1 Å².